The van der Waals surface area contributed by atoms with Crippen molar-refractivity contribution in [3.63, 3.8) is 0 Å². The number of ether oxygens (including phenoxy) is 1. The van der Waals surface area contributed by atoms with Crippen molar-refractivity contribution in [3.05, 3.63) is 189 Å². The van der Waals surface area contributed by atoms with Crippen molar-refractivity contribution in [1.82, 2.24) is 0 Å². The summed E-state index contributed by atoms with van der Waals surface area (Å²) in [4.78, 5) is 24.8. The molecule has 1 N–H and O–H groups in total. The molecule has 0 aliphatic carbocycles. The topological polar surface area (TPSA) is 63.6 Å². The molecule has 0 aliphatic heterocycles. The molecule has 0 fully saturated rings. The van der Waals surface area contributed by atoms with Crippen molar-refractivity contribution in [3.8, 4) is 22.3 Å². The standard InChI is InChI=1S/C24H18F2O2S.C22H14F2O2S/c1-2-28-24(27)16-8-5-7-15(13-16)17-10-6-12-21-19(17)14-22(29-21)23(26)18-9-3-4-11-20(18)25;23-19-8-7-13(10-20(19)24)9-16-12-18-17(5-2-6-21(18)27-16)14-3-1-4-15(11-14)22(25)26/h3-14,23H,2H2,1H3;1-8,10-12H,9H2,(H,25,26). The first-order chi connectivity index (χ1) is 27.1. The molecule has 0 aliphatic rings. The number of carboxylic acids is 1. The predicted octanol–water partition coefficient (Wildman–Crippen LogP) is 13.1. The monoisotopic (exact) mass is 788 g/mol. The van der Waals surface area contributed by atoms with Gasteiger partial charge in [0.25, 0.3) is 0 Å². The molecule has 280 valence electrons. The Morgan fingerprint density at radius 2 is 1.27 bits per heavy atom. The van der Waals surface area contributed by atoms with E-state index >= 15 is 4.39 Å². The Morgan fingerprint density at radius 1 is 0.643 bits per heavy atom. The van der Waals surface area contributed by atoms with Crippen LogP contribution in [0.1, 0.15) is 54.7 Å². The smallest absolute Gasteiger partial charge is 0.338 e. The minimum atomic E-state index is -1.53. The molecule has 0 saturated heterocycles. The fourth-order valence-electron chi connectivity index (χ4n) is 6.44. The number of carbonyl (C=O) groups excluding carboxylic acids is 1. The maximum absolute atomic E-state index is 15.1. The Hall–Kier alpha value is -6.10. The summed E-state index contributed by atoms with van der Waals surface area (Å²) < 4.78 is 62.7. The first kappa shape index (κ1) is 38.2. The molecule has 2 heterocycles. The normalized spacial score (nSPS) is 11.6. The molecule has 0 spiro atoms. The van der Waals surface area contributed by atoms with E-state index in [2.05, 4.69) is 0 Å². The van der Waals surface area contributed by atoms with Crippen LogP contribution in [0.2, 0.25) is 0 Å². The number of alkyl halides is 1. The first-order valence-corrected chi connectivity index (χ1v) is 19.2. The van der Waals surface area contributed by atoms with E-state index in [4.69, 9.17) is 4.74 Å². The number of fused-ring (bicyclic) bond motifs is 2. The van der Waals surface area contributed by atoms with Gasteiger partial charge in [-0.15, -0.1) is 22.7 Å². The first-order valence-electron chi connectivity index (χ1n) is 17.6. The summed E-state index contributed by atoms with van der Waals surface area (Å²) in [7, 11) is 0. The van der Waals surface area contributed by atoms with Crippen LogP contribution in [0.15, 0.2) is 140 Å². The van der Waals surface area contributed by atoms with Crippen LogP contribution in [0.4, 0.5) is 17.6 Å². The average molecular weight is 789 g/mol. The van der Waals surface area contributed by atoms with Crippen LogP contribution < -0.4 is 0 Å². The number of rotatable bonds is 9. The Kier molecular flexibility index (Phi) is 11.4. The quantitative estimate of drug-likeness (QED) is 0.117. The van der Waals surface area contributed by atoms with E-state index in [1.807, 2.05) is 54.6 Å². The van der Waals surface area contributed by atoms with Crippen LogP contribution >= 0.6 is 22.7 Å². The van der Waals surface area contributed by atoms with Gasteiger partial charge in [-0.05, 0) is 101 Å². The molecule has 0 bridgehead atoms. The van der Waals surface area contributed by atoms with Gasteiger partial charge in [0.1, 0.15) is 5.82 Å². The van der Waals surface area contributed by atoms with Gasteiger partial charge in [-0.1, -0.05) is 72.8 Å². The Labute approximate surface area is 327 Å². The summed E-state index contributed by atoms with van der Waals surface area (Å²) >= 11 is 2.89. The highest BCUT2D eigenvalue weighted by molar-refractivity contribution is 7.19. The zero-order chi connectivity index (χ0) is 39.3. The van der Waals surface area contributed by atoms with Gasteiger partial charge in [-0.2, -0.15) is 0 Å². The van der Waals surface area contributed by atoms with Crippen LogP contribution in [0.5, 0.6) is 0 Å². The lowest BCUT2D eigenvalue weighted by Crippen LogP contribution is -2.04. The van der Waals surface area contributed by atoms with E-state index in [0.717, 1.165) is 53.4 Å². The predicted molar refractivity (Wildman–Crippen MR) is 216 cm³/mol. The Morgan fingerprint density at radius 3 is 1.93 bits per heavy atom. The molecular formula is C46H32F4O4S2. The maximum atomic E-state index is 15.1. The number of esters is 1. The highest BCUT2D eigenvalue weighted by atomic mass is 32.1. The second kappa shape index (κ2) is 16.7. The van der Waals surface area contributed by atoms with E-state index in [-0.39, 0.29) is 17.1 Å². The number of carboxylic acid groups (broad SMARTS) is 1. The number of aromatic carboxylic acids is 1. The highest BCUT2D eigenvalue weighted by Gasteiger charge is 2.21. The summed E-state index contributed by atoms with van der Waals surface area (Å²) in [6.07, 6.45) is -1.03. The molecule has 4 nitrogen and oxygen atoms in total. The molecular weight excluding hydrogens is 757 g/mol. The molecule has 1 atom stereocenters. The van der Waals surface area contributed by atoms with Crippen molar-refractivity contribution in [2.75, 3.05) is 6.61 Å². The van der Waals surface area contributed by atoms with E-state index in [0.29, 0.717) is 29.0 Å². The van der Waals surface area contributed by atoms with E-state index in [1.54, 1.807) is 78.9 Å². The molecule has 1 unspecified atom stereocenters. The van der Waals surface area contributed by atoms with Crippen molar-refractivity contribution in [2.24, 2.45) is 0 Å². The molecule has 8 aromatic rings. The van der Waals surface area contributed by atoms with E-state index in [9.17, 15) is 27.9 Å². The third-order valence-electron chi connectivity index (χ3n) is 9.09. The zero-order valence-corrected chi connectivity index (χ0v) is 31.4. The van der Waals surface area contributed by atoms with Gasteiger partial charge in [0.2, 0.25) is 0 Å². The number of carbonyl (C=O) groups is 2. The van der Waals surface area contributed by atoms with Gasteiger partial charge in [0.15, 0.2) is 17.8 Å². The van der Waals surface area contributed by atoms with Crippen molar-refractivity contribution in [2.45, 2.75) is 19.5 Å². The van der Waals surface area contributed by atoms with Gasteiger partial charge in [-0.25, -0.2) is 27.2 Å². The SMILES string of the molecule is CCOC(=O)c1cccc(-c2cccc3sc(C(F)c4ccccc4F)cc23)c1.O=C(O)c1cccc(-c2cccc3sc(Cc4ccc(F)c(F)c4)cc23)c1. The minimum absolute atomic E-state index is 0.0323. The number of hydrogen-bond donors (Lipinski definition) is 1. The average Bonchev–Trinajstić information content (AvgIpc) is 3.84. The zero-order valence-electron chi connectivity index (χ0n) is 29.8. The summed E-state index contributed by atoms with van der Waals surface area (Å²) in [5.41, 5.74) is 4.94. The highest BCUT2D eigenvalue weighted by Crippen LogP contribution is 2.40. The van der Waals surface area contributed by atoms with E-state index in [1.165, 1.54) is 29.5 Å². The Balaban J connectivity index is 0.000000172. The second-order valence-electron chi connectivity index (χ2n) is 12.8. The molecule has 0 amide bonds. The lowest BCUT2D eigenvalue weighted by molar-refractivity contribution is 0.0525. The molecule has 10 heteroatoms. The lowest BCUT2D eigenvalue weighted by Gasteiger charge is -2.07. The van der Waals surface area contributed by atoms with Crippen LogP contribution in [-0.4, -0.2) is 23.7 Å². The number of hydrogen-bond acceptors (Lipinski definition) is 5. The molecule has 0 saturated carbocycles. The van der Waals surface area contributed by atoms with Crippen LogP contribution in [-0.2, 0) is 11.2 Å². The second-order valence-corrected chi connectivity index (χ2v) is 15.1. The lowest BCUT2D eigenvalue weighted by atomic mass is 9.99. The minimum Gasteiger partial charge on any atom is -0.478 e. The number of thiophene rings is 2. The van der Waals surface area contributed by atoms with Crippen molar-refractivity contribution < 1.29 is 37.0 Å². The van der Waals surface area contributed by atoms with E-state index < -0.39 is 29.6 Å². The maximum Gasteiger partial charge on any atom is 0.338 e. The molecule has 8 rings (SSSR count). The Bertz CT molecular complexity index is 2720. The van der Waals surface area contributed by atoms with Gasteiger partial charge in [0, 0.05) is 41.9 Å². The summed E-state index contributed by atoms with van der Waals surface area (Å²) in [6.45, 7) is 2.07. The van der Waals surface area contributed by atoms with Gasteiger partial charge < -0.3 is 9.84 Å². The van der Waals surface area contributed by atoms with Crippen LogP contribution in [0, 0.1) is 17.5 Å². The molecule has 56 heavy (non-hydrogen) atoms. The van der Waals surface area contributed by atoms with Gasteiger partial charge in [0.05, 0.1) is 17.7 Å². The third-order valence-corrected chi connectivity index (χ3v) is 11.3. The van der Waals surface area contributed by atoms with Crippen LogP contribution in [0.25, 0.3) is 42.4 Å². The molecule has 6 aromatic carbocycles. The summed E-state index contributed by atoms with van der Waals surface area (Å²) in [5.74, 6) is -3.60. The van der Waals surface area contributed by atoms with Gasteiger partial charge in [-0.3, -0.25) is 0 Å². The van der Waals surface area contributed by atoms with Gasteiger partial charge >= 0.3 is 11.9 Å². The van der Waals surface area contributed by atoms with Crippen molar-refractivity contribution >= 4 is 54.8 Å². The largest absolute Gasteiger partial charge is 0.478 e. The number of benzene rings is 6. The fourth-order valence-corrected chi connectivity index (χ4v) is 8.65. The van der Waals surface area contributed by atoms with Crippen molar-refractivity contribution in [1.29, 1.82) is 0 Å². The van der Waals surface area contributed by atoms with Crippen LogP contribution in [0.3, 0.4) is 0 Å². The third kappa shape index (κ3) is 8.27. The molecule has 2 aromatic heterocycles. The molecule has 0 radical (unpaired) electrons. The summed E-state index contributed by atoms with van der Waals surface area (Å²) in [6, 6.07) is 39.3. The summed E-state index contributed by atoms with van der Waals surface area (Å²) in [5, 5.41) is 11.1. The fraction of sp³-hybridized carbons (Fsp3) is 0.0870. The number of halogens is 4.